The van der Waals surface area contributed by atoms with Gasteiger partial charge in [-0.25, -0.2) is 5.43 Å². The lowest BCUT2D eigenvalue weighted by Crippen LogP contribution is -2.42. The van der Waals surface area contributed by atoms with E-state index >= 15 is 0 Å². The van der Waals surface area contributed by atoms with Crippen molar-refractivity contribution in [2.75, 3.05) is 20.5 Å². The second-order valence-corrected chi connectivity index (χ2v) is 5.56. The molecule has 8 heteroatoms. The molecule has 0 saturated heterocycles. The van der Waals surface area contributed by atoms with Crippen molar-refractivity contribution >= 4 is 12.1 Å². The molecule has 0 spiro atoms. The zero-order chi connectivity index (χ0) is 17.9. The zero-order valence-corrected chi connectivity index (χ0v) is 13.9. The van der Waals surface area contributed by atoms with E-state index in [9.17, 15) is 4.79 Å². The van der Waals surface area contributed by atoms with Gasteiger partial charge in [-0.05, 0) is 24.3 Å². The van der Waals surface area contributed by atoms with Crippen molar-refractivity contribution in [1.29, 1.82) is 0 Å². The maximum absolute atomic E-state index is 12.2. The van der Waals surface area contributed by atoms with Gasteiger partial charge in [0.05, 0.1) is 13.3 Å². The van der Waals surface area contributed by atoms with Crippen LogP contribution < -0.4 is 29.1 Å². The maximum atomic E-state index is 12.2. The van der Waals surface area contributed by atoms with Gasteiger partial charge in [-0.15, -0.1) is 0 Å². The summed E-state index contributed by atoms with van der Waals surface area (Å²) in [6.07, 6.45) is 0.716. The van der Waals surface area contributed by atoms with Gasteiger partial charge in [0.15, 0.2) is 23.0 Å². The predicted molar refractivity (Wildman–Crippen MR) is 91.2 cm³/mol. The minimum absolute atomic E-state index is 0.121. The molecule has 2 heterocycles. The van der Waals surface area contributed by atoms with Gasteiger partial charge in [0.2, 0.25) is 18.6 Å². The van der Waals surface area contributed by atoms with Crippen LogP contribution in [0.2, 0.25) is 0 Å². The van der Waals surface area contributed by atoms with Gasteiger partial charge in [-0.1, -0.05) is 12.1 Å². The fourth-order valence-electron chi connectivity index (χ4n) is 2.62. The summed E-state index contributed by atoms with van der Waals surface area (Å²) in [5.41, 5.74) is 3.14. The molecule has 0 aromatic heterocycles. The summed E-state index contributed by atoms with van der Waals surface area (Å²) in [6.45, 7) is 0.264. The number of hydrogen-bond donors (Lipinski definition) is 1. The number of nitrogens with one attached hydrogen (secondary N) is 1. The molecule has 1 N–H and O–H groups in total. The number of hydrazone groups is 1. The van der Waals surface area contributed by atoms with Gasteiger partial charge >= 0.3 is 0 Å². The monoisotopic (exact) mass is 356 g/mol. The standard InChI is InChI=1S/C18H16N2O6/c1-22-14-6-11(7-15-17(14)25-10-24-15)8-19-20-18(21)16-9-23-12-4-2-3-5-13(12)26-16/h2-8,16H,9-10H2,1H3,(H,20,21)/b19-8-/t16-/m0/s1. The number of methoxy groups -OCH3 is 1. The Balaban J connectivity index is 1.41. The third-order valence-corrected chi connectivity index (χ3v) is 3.87. The van der Waals surface area contributed by atoms with Crippen LogP contribution in [0.3, 0.4) is 0 Å². The van der Waals surface area contributed by atoms with Gasteiger partial charge in [-0.3, -0.25) is 4.79 Å². The Labute approximate surface area is 149 Å². The first-order valence-corrected chi connectivity index (χ1v) is 7.93. The molecule has 2 aromatic rings. The average molecular weight is 356 g/mol. The maximum Gasteiger partial charge on any atom is 0.284 e. The topological polar surface area (TPSA) is 87.6 Å². The quantitative estimate of drug-likeness (QED) is 0.663. The lowest BCUT2D eigenvalue weighted by atomic mass is 10.2. The molecule has 0 aliphatic carbocycles. The Morgan fingerprint density at radius 3 is 2.88 bits per heavy atom. The summed E-state index contributed by atoms with van der Waals surface area (Å²) in [4.78, 5) is 12.2. The van der Waals surface area contributed by atoms with Crippen molar-refractivity contribution in [3.05, 3.63) is 42.0 Å². The van der Waals surface area contributed by atoms with E-state index in [1.54, 1.807) is 24.3 Å². The Morgan fingerprint density at radius 2 is 2.04 bits per heavy atom. The number of nitrogens with zero attached hydrogens (tertiary/aromatic N) is 1. The highest BCUT2D eigenvalue weighted by molar-refractivity contribution is 5.86. The number of fused-ring (bicyclic) bond motifs is 2. The second kappa shape index (κ2) is 6.83. The minimum atomic E-state index is -0.770. The first kappa shape index (κ1) is 16.1. The molecule has 0 radical (unpaired) electrons. The van der Waals surface area contributed by atoms with Gasteiger partial charge in [0, 0.05) is 5.56 Å². The molecule has 134 valence electrons. The summed E-state index contributed by atoms with van der Waals surface area (Å²) in [5, 5.41) is 3.96. The molecule has 0 fully saturated rings. The van der Waals surface area contributed by atoms with Crippen molar-refractivity contribution in [2.45, 2.75) is 6.10 Å². The van der Waals surface area contributed by atoms with Crippen LogP contribution >= 0.6 is 0 Å². The van der Waals surface area contributed by atoms with Crippen LogP contribution in [-0.2, 0) is 4.79 Å². The van der Waals surface area contributed by atoms with Crippen LogP contribution in [0.5, 0.6) is 28.7 Å². The van der Waals surface area contributed by atoms with E-state index in [0.717, 1.165) is 0 Å². The number of ether oxygens (including phenoxy) is 5. The van der Waals surface area contributed by atoms with E-state index in [0.29, 0.717) is 34.3 Å². The van der Waals surface area contributed by atoms with Gasteiger partial charge < -0.3 is 23.7 Å². The predicted octanol–water partition coefficient (Wildman–Crippen LogP) is 1.71. The molecule has 0 unspecified atom stereocenters. The lowest BCUT2D eigenvalue weighted by molar-refractivity contribution is -0.130. The van der Waals surface area contributed by atoms with E-state index in [-0.39, 0.29) is 13.4 Å². The van der Waals surface area contributed by atoms with Crippen LogP contribution in [0.4, 0.5) is 0 Å². The Morgan fingerprint density at radius 1 is 1.19 bits per heavy atom. The minimum Gasteiger partial charge on any atom is -0.493 e. The number of carbonyl (C=O) groups excluding carboxylic acids is 1. The molecule has 0 saturated carbocycles. The first-order valence-electron chi connectivity index (χ1n) is 7.93. The van der Waals surface area contributed by atoms with Crippen LogP contribution in [-0.4, -0.2) is 38.7 Å². The fourth-order valence-corrected chi connectivity index (χ4v) is 2.62. The van der Waals surface area contributed by atoms with Crippen molar-refractivity contribution in [3.8, 4) is 28.7 Å². The number of rotatable bonds is 4. The summed E-state index contributed by atoms with van der Waals surface area (Å²) in [5.74, 6) is 2.41. The van der Waals surface area contributed by atoms with E-state index < -0.39 is 12.0 Å². The fraction of sp³-hybridized carbons (Fsp3) is 0.222. The molecule has 4 rings (SSSR count). The normalized spacial score (nSPS) is 17.2. The molecule has 2 aromatic carbocycles. The van der Waals surface area contributed by atoms with E-state index in [1.807, 2.05) is 12.1 Å². The summed E-state index contributed by atoms with van der Waals surface area (Å²) in [6, 6.07) is 10.7. The summed E-state index contributed by atoms with van der Waals surface area (Å²) >= 11 is 0. The molecule has 26 heavy (non-hydrogen) atoms. The Bertz CT molecular complexity index is 867. The highest BCUT2D eigenvalue weighted by Crippen LogP contribution is 2.41. The van der Waals surface area contributed by atoms with Gasteiger partial charge in [0.25, 0.3) is 5.91 Å². The first-order chi connectivity index (χ1) is 12.7. The summed E-state index contributed by atoms with van der Waals surface area (Å²) < 4.78 is 27.1. The highest BCUT2D eigenvalue weighted by atomic mass is 16.7. The largest absolute Gasteiger partial charge is 0.493 e. The Hall–Kier alpha value is -3.42. The van der Waals surface area contributed by atoms with E-state index in [4.69, 9.17) is 23.7 Å². The van der Waals surface area contributed by atoms with Crippen molar-refractivity contribution in [1.82, 2.24) is 5.43 Å². The number of carbonyl (C=O) groups is 1. The highest BCUT2D eigenvalue weighted by Gasteiger charge is 2.27. The third-order valence-electron chi connectivity index (χ3n) is 3.87. The molecule has 2 aliphatic heterocycles. The lowest BCUT2D eigenvalue weighted by Gasteiger charge is -2.24. The van der Waals surface area contributed by atoms with Crippen molar-refractivity contribution < 1.29 is 28.5 Å². The molecule has 8 nitrogen and oxygen atoms in total. The van der Waals surface area contributed by atoms with Crippen molar-refractivity contribution in [2.24, 2.45) is 5.10 Å². The zero-order valence-electron chi connectivity index (χ0n) is 13.9. The number of para-hydroxylation sites is 2. The van der Waals surface area contributed by atoms with Crippen LogP contribution in [0.1, 0.15) is 5.56 Å². The van der Waals surface area contributed by atoms with Crippen molar-refractivity contribution in [3.63, 3.8) is 0 Å². The Kier molecular flexibility index (Phi) is 4.22. The van der Waals surface area contributed by atoms with E-state index in [2.05, 4.69) is 10.5 Å². The smallest absolute Gasteiger partial charge is 0.284 e. The number of hydrogen-bond acceptors (Lipinski definition) is 7. The molecule has 1 amide bonds. The molecule has 2 aliphatic rings. The van der Waals surface area contributed by atoms with Gasteiger partial charge in [-0.2, -0.15) is 5.10 Å². The average Bonchev–Trinajstić information content (AvgIpc) is 3.15. The van der Waals surface area contributed by atoms with Crippen LogP contribution in [0.25, 0.3) is 0 Å². The van der Waals surface area contributed by atoms with E-state index in [1.165, 1.54) is 13.3 Å². The number of amides is 1. The van der Waals surface area contributed by atoms with Crippen LogP contribution in [0.15, 0.2) is 41.5 Å². The molecule has 1 atom stereocenters. The van der Waals surface area contributed by atoms with Gasteiger partial charge in [0.1, 0.15) is 6.61 Å². The van der Waals surface area contributed by atoms with Crippen LogP contribution in [0, 0.1) is 0 Å². The molecule has 0 bridgehead atoms. The molecular formula is C18H16N2O6. The summed E-state index contributed by atoms with van der Waals surface area (Å²) in [7, 11) is 1.54. The SMILES string of the molecule is COc1cc(/C=N\NC(=O)[C@@H]2COc3ccccc3O2)cc2c1OCO2. The number of benzene rings is 2. The third kappa shape index (κ3) is 3.08. The second-order valence-electron chi connectivity index (χ2n) is 5.56. The molecular weight excluding hydrogens is 340 g/mol.